The highest BCUT2D eigenvalue weighted by Gasteiger charge is 2.21. The minimum absolute atomic E-state index is 0.0594. The van der Waals surface area contributed by atoms with Crippen LogP contribution in [0, 0.1) is 6.92 Å². The molecule has 44 heavy (non-hydrogen) atoms. The van der Waals surface area contributed by atoms with Crippen molar-refractivity contribution in [3.05, 3.63) is 139 Å². The van der Waals surface area contributed by atoms with Gasteiger partial charge in [-0.2, -0.15) is 0 Å². The molecule has 4 N–H and O–H groups in total. The first-order valence-electron chi connectivity index (χ1n) is 14.7. The maximum absolute atomic E-state index is 12.7. The van der Waals surface area contributed by atoms with E-state index in [0.29, 0.717) is 69.7 Å². The van der Waals surface area contributed by atoms with Gasteiger partial charge in [0.15, 0.2) is 5.78 Å². The van der Waals surface area contributed by atoms with Crippen molar-refractivity contribution < 1.29 is 30.0 Å². The summed E-state index contributed by atoms with van der Waals surface area (Å²) in [6.07, 6.45) is 0.293. The van der Waals surface area contributed by atoms with Crippen LogP contribution in [-0.2, 0) is 25.7 Å². The third-order valence-electron chi connectivity index (χ3n) is 8.17. The Labute approximate surface area is 260 Å². The zero-order valence-electron chi connectivity index (χ0n) is 24.4. The molecule has 1 aliphatic carbocycles. The number of aliphatic hydroxyl groups is 1. The summed E-state index contributed by atoms with van der Waals surface area (Å²) in [5.41, 5.74) is 5.73. The van der Waals surface area contributed by atoms with Gasteiger partial charge in [-0.15, -0.1) is 11.3 Å². The number of fused-ring (bicyclic) bond motifs is 8. The summed E-state index contributed by atoms with van der Waals surface area (Å²) in [6, 6.07) is 26.2. The van der Waals surface area contributed by atoms with Crippen LogP contribution in [0.4, 0.5) is 0 Å². The van der Waals surface area contributed by atoms with E-state index in [0.717, 1.165) is 16.0 Å². The second-order valence-electron chi connectivity index (χ2n) is 11.4. The van der Waals surface area contributed by atoms with Gasteiger partial charge < -0.3 is 25.2 Å². The zero-order chi connectivity index (χ0) is 30.8. The van der Waals surface area contributed by atoms with Gasteiger partial charge in [-0.25, -0.2) is 0 Å². The average molecular weight is 607 g/mol. The number of carbonyl (C=O) groups excluding carboxylic acids is 1. The Morgan fingerprint density at radius 1 is 0.659 bits per heavy atom. The van der Waals surface area contributed by atoms with Gasteiger partial charge in [0.1, 0.15) is 29.6 Å². The van der Waals surface area contributed by atoms with Crippen LogP contribution in [0.3, 0.4) is 0 Å². The molecular weight excluding hydrogens is 572 g/mol. The molecule has 6 nitrogen and oxygen atoms in total. The monoisotopic (exact) mass is 606 g/mol. The highest BCUT2D eigenvalue weighted by molar-refractivity contribution is 7.14. The topological polar surface area (TPSA) is 107 Å². The number of ketones is 1. The van der Waals surface area contributed by atoms with Crippen molar-refractivity contribution >= 4 is 17.1 Å². The summed E-state index contributed by atoms with van der Waals surface area (Å²) in [6.45, 7) is 1.85. The molecule has 7 heteroatoms. The van der Waals surface area contributed by atoms with Crippen LogP contribution in [0.5, 0.6) is 23.0 Å². The third kappa shape index (κ3) is 6.20. The Hall–Kier alpha value is -4.59. The number of phenols is 3. The van der Waals surface area contributed by atoms with E-state index in [1.807, 2.05) is 85.8 Å². The number of rotatable bonds is 6. The van der Waals surface area contributed by atoms with Crippen LogP contribution in [0.2, 0.25) is 0 Å². The molecule has 1 unspecified atom stereocenters. The summed E-state index contributed by atoms with van der Waals surface area (Å²) < 4.78 is 6.30. The van der Waals surface area contributed by atoms with Crippen LogP contribution >= 0.6 is 11.3 Å². The molecule has 1 heterocycles. The van der Waals surface area contributed by atoms with E-state index in [1.54, 1.807) is 6.07 Å². The summed E-state index contributed by atoms with van der Waals surface area (Å²) >= 11 is 1.41. The first-order chi connectivity index (χ1) is 21.3. The molecule has 1 aromatic heterocycles. The fraction of sp³-hybridized carbons (Fsp3) is 0.216. The molecule has 0 fully saturated rings. The molecule has 5 aromatic rings. The molecule has 6 rings (SSSR count). The van der Waals surface area contributed by atoms with Crippen LogP contribution in [-0.4, -0.2) is 38.9 Å². The number of aromatic hydroxyl groups is 3. The number of Topliss-reactive ketones (excluding diaryl/α,β-unsaturated/α-hetero) is 1. The van der Waals surface area contributed by atoms with Crippen molar-refractivity contribution in [2.45, 2.75) is 45.1 Å². The van der Waals surface area contributed by atoms with Gasteiger partial charge in [0.2, 0.25) is 0 Å². The number of para-hydroxylation sites is 4. The maximum Gasteiger partial charge on any atom is 0.175 e. The van der Waals surface area contributed by atoms with E-state index >= 15 is 0 Å². The molecule has 0 saturated heterocycles. The first kappa shape index (κ1) is 29.5. The smallest absolute Gasteiger partial charge is 0.175 e. The SMILES string of the molecule is Cc1ccc(C(=O)CC(O)COc2c3cccc2Cc2cccc(c2O)Cc2cccc(c2O)Cc2cccc(c2O)C3)s1. The number of ether oxygens (including phenoxy) is 1. The third-order valence-corrected chi connectivity index (χ3v) is 9.21. The average Bonchev–Trinajstić information content (AvgIpc) is 3.44. The number of hydrogen-bond donors (Lipinski definition) is 4. The summed E-state index contributed by atoms with van der Waals surface area (Å²) in [5.74, 6) is 0.881. The van der Waals surface area contributed by atoms with Gasteiger partial charge in [0.25, 0.3) is 0 Å². The van der Waals surface area contributed by atoms with E-state index in [2.05, 4.69) is 0 Å². The normalized spacial score (nSPS) is 13.3. The van der Waals surface area contributed by atoms with Crippen molar-refractivity contribution in [2.75, 3.05) is 6.61 Å². The standard InChI is InChI=1S/C37H34O6S/c1-22-14-15-33(44-22)32(39)20-31(38)21-43-37-29-12-5-13-30(37)19-28-11-4-9-26(36(28)42)17-24-7-2-6-23(34(24)40)16-25-8-3-10-27(18-29)35(25)41/h2-15,31,38,40-42H,16-21H2,1H3. The molecular formula is C37H34O6S. The second-order valence-corrected chi connectivity index (χ2v) is 12.7. The van der Waals surface area contributed by atoms with E-state index in [-0.39, 0.29) is 36.1 Å². The van der Waals surface area contributed by atoms with Crippen molar-refractivity contribution in [1.82, 2.24) is 0 Å². The van der Waals surface area contributed by atoms with Crippen molar-refractivity contribution in [3.8, 4) is 23.0 Å². The molecule has 1 atom stereocenters. The minimum atomic E-state index is -1.01. The Morgan fingerprint density at radius 3 is 1.43 bits per heavy atom. The van der Waals surface area contributed by atoms with Crippen LogP contribution in [0.15, 0.2) is 84.9 Å². The van der Waals surface area contributed by atoms with Crippen LogP contribution < -0.4 is 4.74 Å². The van der Waals surface area contributed by atoms with Gasteiger partial charge in [0, 0.05) is 37.0 Å². The first-order valence-corrected chi connectivity index (χ1v) is 15.5. The molecule has 8 bridgehead atoms. The number of phenolic OH excluding ortho intramolecular Hbond substituents is 3. The number of aryl methyl sites for hydroxylation is 1. The van der Waals surface area contributed by atoms with Gasteiger partial charge in [-0.05, 0) is 63.6 Å². The Kier molecular flexibility index (Phi) is 8.42. The minimum Gasteiger partial charge on any atom is -0.507 e. The van der Waals surface area contributed by atoms with Gasteiger partial charge in [-0.3, -0.25) is 4.79 Å². The molecule has 4 aromatic carbocycles. The predicted molar refractivity (Wildman–Crippen MR) is 171 cm³/mol. The zero-order valence-corrected chi connectivity index (χ0v) is 25.2. The Bertz CT molecular complexity index is 1740. The molecule has 224 valence electrons. The lowest BCUT2D eigenvalue weighted by molar-refractivity contribution is 0.0753. The van der Waals surface area contributed by atoms with Crippen molar-refractivity contribution in [2.24, 2.45) is 0 Å². The van der Waals surface area contributed by atoms with Gasteiger partial charge in [0.05, 0.1) is 11.0 Å². The predicted octanol–water partition coefficient (Wildman–Crippen LogP) is 6.86. The van der Waals surface area contributed by atoms with Gasteiger partial charge in [-0.1, -0.05) is 72.8 Å². The van der Waals surface area contributed by atoms with Gasteiger partial charge >= 0.3 is 0 Å². The Morgan fingerprint density at radius 2 is 1.05 bits per heavy atom. The molecule has 0 saturated carbocycles. The highest BCUT2D eigenvalue weighted by atomic mass is 32.1. The Balaban J connectivity index is 1.38. The molecule has 0 radical (unpaired) electrons. The lowest BCUT2D eigenvalue weighted by Gasteiger charge is -2.20. The summed E-state index contributed by atoms with van der Waals surface area (Å²) in [5, 5.41) is 44.6. The maximum atomic E-state index is 12.7. The quantitative estimate of drug-likeness (QED) is 0.154. The fourth-order valence-electron chi connectivity index (χ4n) is 5.85. The number of aliphatic hydroxyl groups excluding tert-OH is 1. The van der Waals surface area contributed by atoms with E-state index in [1.165, 1.54) is 11.3 Å². The number of carbonyl (C=O) groups is 1. The lowest BCUT2D eigenvalue weighted by atomic mass is 9.91. The molecule has 0 amide bonds. The van der Waals surface area contributed by atoms with Crippen LogP contribution in [0.25, 0.3) is 0 Å². The van der Waals surface area contributed by atoms with Crippen molar-refractivity contribution in [1.29, 1.82) is 0 Å². The molecule has 1 aliphatic rings. The molecule has 0 spiro atoms. The van der Waals surface area contributed by atoms with Crippen LogP contribution in [0.1, 0.15) is 65.5 Å². The van der Waals surface area contributed by atoms with E-state index in [4.69, 9.17) is 4.74 Å². The lowest BCUT2D eigenvalue weighted by Crippen LogP contribution is -2.22. The number of benzene rings is 4. The number of thiophene rings is 1. The van der Waals surface area contributed by atoms with E-state index < -0.39 is 6.10 Å². The second kappa shape index (κ2) is 12.6. The fourth-order valence-corrected chi connectivity index (χ4v) is 6.67. The van der Waals surface area contributed by atoms with E-state index in [9.17, 15) is 25.2 Å². The highest BCUT2D eigenvalue weighted by Crippen LogP contribution is 2.37. The largest absolute Gasteiger partial charge is 0.507 e. The molecule has 0 aliphatic heterocycles. The summed E-state index contributed by atoms with van der Waals surface area (Å²) in [4.78, 5) is 14.4. The summed E-state index contributed by atoms with van der Waals surface area (Å²) in [7, 11) is 0. The van der Waals surface area contributed by atoms with Crippen molar-refractivity contribution in [3.63, 3.8) is 0 Å². The number of hydrogen-bond acceptors (Lipinski definition) is 7.